The van der Waals surface area contributed by atoms with Gasteiger partial charge in [-0.05, 0) is 43.7 Å². The number of halogens is 1. The van der Waals surface area contributed by atoms with Gasteiger partial charge in [0.1, 0.15) is 18.2 Å². The van der Waals surface area contributed by atoms with Gasteiger partial charge in [0.25, 0.3) is 0 Å². The fourth-order valence-corrected chi connectivity index (χ4v) is 2.28. The Kier molecular flexibility index (Phi) is 5.61. The molecule has 2 rings (SSSR count). The molecule has 0 saturated carbocycles. The number of hydrogen-bond donors (Lipinski definition) is 1. The molecule has 0 aromatic heterocycles. The van der Waals surface area contributed by atoms with Crippen LogP contribution in [0.3, 0.4) is 0 Å². The summed E-state index contributed by atoms with van der Waals surface area (Å²) >= 11 is 0. The fraction of sp³-hybridized carbons (Fsp3) is 0.600. The molecule has 2 atom stereocenters. The van der Waals surface area contributed by atoms with E-state index < -0.39 is 0 Å². The van der Waals surface area contributed by atoms with Crippen LogP contribution in [0.15, 0.2) is 24.3 Å². The van der Waals surface area contributed by atoms with E-state index in [9.17, 15) is 4.39 Å². The summed E-state index contributed by atoms with van der Waals surface area (Å²) in [7, 11) is 0. The van der Waals surface area contributed by atoms with Crippen LogP contribution < -0.4 is 10.1 Å². The zero-order chi connectivity index (χ0) is 13.5. The second kappa shape index (κ2) is 7.46. The van der Waals surface area contributed by atoms with Crippen molar-refractivity contribution >= 4 is 0 Å². The first kappa shape index (κ1) is 14.3. The molecule has 1 saturated heterocycles. The molecule has 1 heterocycles. The lowest BCUT2D eigenvalue weighted by molar-refractivity contribution is 0.160. The van der Waals surface area contributed by atoms with Gasteiger partial charge in [0.2, 0.25) is 0 Å². The van der Waals surface area contributed by atoms with Crippen LogP contribution in [-0.4, -0.2) is 32.4 Å². The third-order valence-corrected chi connectivity index (χ3v) is 3.43. The topological polar surface area (TPSA) is 30.5 Å². The van der Waals surface area contributed by atoms with Gasteiger partial charge in [-0.1, -0.05) is 6.92 Å². The molecule has 1 aliphatic rings. The highest BCUT2D eigenvalue weighted by molar-refractivity contribution is 5.22. The largest absolute Gasteiger partial charge is 0.492 e. The van der Waals surface area contributed by atoms with Crippen LogP contribution in [-0.2, 0) is 4.74 Å². The van der Waals surface area contributed by atoms with Crippen molar-refractivity contribution in [3.8, 4) is 5.75 Å². The SMILES string of the molecule is CCCNC(COc1ccc(F)cc1)C1CCOC1. The first-order valence-electron chi connectivity index (χ1n) is 6.99. The van der Waals surface area contributed by atoms with Crippen LogP contribution in [0, 0.1) is 11.7 Å². The molecule has 3 nitrogen and oxygen atoms in total. The molecular formula is C15H22FNO2. The standard InChI is InChI=1S/C15H22FNO2/c1-2-8-17-15(12-7-9-18-10-12)11-19-14-5-3-13(16)4-6-14/h3-6,12,15,17H,2,7-11H2,1H3. The first-order chi connectivity index (χ1) is 9.29. The van der Waals surface area contributed by atoms with Gasteiger partial charge in [-0.25, -0.2) is 4.39 Å². The Balaban J connectivity index is 1.86. The van der Waals surface area contributed by atoms with E-state index in [1.807, 2.05) is 0 Å². The normalized spacial score (nSPS) is 20.4. The molecule has 0 amide bonds. The van der Waals surface area contributed by atoms with Crippen molar-refractivity contribution in [1.82, 2.24) is 5.32 Å². The van der Waals surface area contributed by atoms with Gasteiger partial charge >= 0.3 is 0 Å². The Bertz CT molecular complexity index is 363. The van der Waals surface area contributed by atoms with Crippen LogP contribution in [0.5, 0.6) is 5.75 Å². The zero-order valence-electron chi connectivity index (χ0n) is 11.4. The summed E-state index contributed by atoms with van der Waals surface area (Å²) in [5, 5.41) is 3.51. The van der Waals surface area contributed by atoms with Crippen molar-refractivity contribution < 1.29 is 13.9 Å². The molecule has 106 valence electrons. The number of ether oxygens (including phenoxy) is 2. The molecule has 0 spiro atoms. The van der Waals surface area contributed by atoms with Gasteiger partial charge in [-0.15, -0.1) is 0 Å². The molecule has 1 fully saturated rings. The fourth-order valence-electron chi connectivity index (χ4n) is 2.28. The van der Waals surface area contributed by atoms with E-state index in [0.717, 1.165) is 32.6 Å². The predicted molar refractivity (Wildman–Crippen MR) is 72.9 cm³/mol. The Morgan fingerprint density at radius 2 is 2.21 bits per heavy atom. The maximum atomic E-state index is 12.8. The summed E-state index contributed by atoms with van der Waals surface area (Å²) in [6.07, 6.45) is 2.18. The van der Waals surface area contributed by atoms with Gasteiger partial charge in [-0.3, -0.25) is 0 Å². The molecule has 1 aliphatic heterocycles. The lowest BCUT2D eigenvalue weighted by atomic mass is 9.99. The highest BCUT2D eigenvalue weighted by atomic mass is 19.1. The molecule has 0 bridgehead atoms. The molecule has 1 aromatic carbocycles. The number of benzene rings is 1. The molecule has 0 aliphatic carbocycles. The average molecular weight is 267 g/mol. The summed E-state index contributed by atoms with van der Waals surface area (Å²) in [6.45, 7) is 5.36. The van der Waals surface area contributed by atoms with Crippen molar-refractivity contribution in [2.24, 2.45) is 5.92 Å². The Hall–Kier alpha value is -1.13. The van der Waals surface area contributed by atoms with Crippen LogP contribution in [0.4, 0.5) is 4.39 Å². The van der Waals surface area contributed by atoms with Gasteiger partial charge in [0.05, 0.1) is 6.61 Å². The van der Waals surface area contributed by atoms with Crippen LogP contribution in [0.25, 0.3) is 0 Å². The third kappa shape index (κ3) is 4.48. The van der Waals surface area contributed by atoms with E-state index in [0.29, 0.717) is 24.3 Å². The quantitative estimate of drug-likeness (QED) is 0.823. The maximum Gasteiger partial charge on any atom is 0.123 e. The van der Waals surface area contributed by atoms with Gasteiger partial charge in [-0.2, -0.15) is 0 Å². The van der Waals surface area contributed by atoms with Crippen molar-refractivity contribution in [2.75, 3.05) is 26.4 Å². The lowest BCUT2D eigenvalue weighted by Gasteiger charge is -2.24. The highest BCUT2D eigenvalue weighted by Gasteiger charge is 2.25. The summed E-state index contributed by atoms with van der Waals surface area (Å²) in [5.41, 5.74) is 0. The smallest absolute Gasteiger partial charge is 0.123 e. The van der Waals surface area contributed by atoms with E-state index in [1.54, 1.807) is 12.1 Å². The molecule has 4 heteroatoms. The van der Waals surface area contributed by atoms with Gasteiger partial charge < -0.3 is 14.8 Å². The van der Waals surface area contributed by atoms with E-state index in [-0.39, 0.29) is 5.82 Å². The molecule has 1 N–H and O–H groups in total. The third-order valence-electron chi connectivity index (χ3n) is 3.43. The van der Waals surface area contributed by atoms with Gasteiger partial charge in [0, 0.05) is 18.6 Å². The number of nitrogens with one attached hydrogen (secondary N) is 1. The number of hydrogen-bond acceptors (Lipinski definition) is 3. The molecular weight excluding hydrogens is 245 g/mol. The van der Waals surface area contributed by atoms with Crippen molar-refractivity contribution in [3.05, 3.63) is 30.1 Å². The Morgan fingerprint density at radius 1 is 1.42 bits per heavy atom. The molecule has 19 heavy (non-hydrogen) atoms. The molecule has 1 aromatic rings. The van der Waals surface area contributed by atoms with Crippen molar-refractivity contribution in [3.63, 3.8) is 0 Å². The number of rotatable bonds is 7. The van der Waals surface area contributed by atoms with E-state index in [2.05, 4.69) is 12.2 Å². The van der Waals surface area contributed by atoms with Gasteiger partial charge in [0.15, 0.2) is 0 Å². The minimum Gasteiger partial charge on any atom is -0.492 e. The van der Waals surface area contributed by atoms with Crippen molar-refractivity contribution in [1.29, 1.82) is 0 Å². The summed E-state index contributed by atoms with van der Waals surface area (Å²) in [4.78, 5) is 0. The minimum atomic E-state index is -0.239. The minimum absolute atomic E-state index is 0.239. The maximum absolute atomic E-state index is 12.8. The first-order valence-corrected chi connectivity index (χ1v) is 6.99. The van der Waals surface area contributed by atoms with E-state index >= 15 is 0 Å². The molecule has 0 radical (unpaired) electrons. The van der Waals surface area contributed by atoms with Crippen LogP contribution in [0.2, 0.25) is 0 Å². The second-order valence-electron chi connectivity index (χ2n) is 4.95. The Morgan fingerprint density at radius 3 is 2.84 bits per heavy atom. The van der Waals surface area contributed by atoms with Crippen LogP contribution >= 0.6 is 0 Å². The summed E-state index contributed by atoms with van der Waals surface area (Å²) in [6, 6.07) is 6.46. The zero-order valence-corrected chi connectivity index (χ0v) is 11.4. The average Bonchev–Trinajstić information content (AvgIpc) is 2.95. The van der Waals surface area contributed by atoms with Crippen LogP contribution in [0.1, 0.15) is 19.8 Å². The van der Waals surface area contributed by atoms with E-state index in [4.69, 9.17) is 9.47 Å². The Labute approximate surface area is 114 Å². The van der Waals surface area contributed by atoms with Crippen molar-refractivity contribution in [2.45, 2.75) is 25.8 Å². The van der Waals surface area contributed by atoms with E-state index in [1.165, 1.54) is 12.1 Å². The second-order valence-corrected chi connectivity index (χ2v) is 4.95. The summed E-state index contributed by atoms with van der Waals surface area (Å²) in [5.74, 6) is 0.979. The molecule has 2 unspecified atom stereocenters. The highest BCUT2D eigenvalue weighted by Crippen LogP contribution is 2.19. The predicted octanol–water partition coefficient (Wildman–Crippen LogP) is 2.61. The lowest BCUT2D eigenvalue weighted by Crippen LogP contribution is -2.41. The summed E-state index contributed by atoms with van der Waals surface area (Å²) < 4.78 is 24.0. The monoisotopic (exact) mass is 267 g/mol.